The minimum atomic E-state index is -5.67. The first kappa shape index (κ1) is 14.2. The summed E-state index contributed by atoms with van der Waals surface area (Å²) in [6.45, 7) is -1.65. The molecule has 19 heavy (non-hydrogen) atoms. The van der Waals surface area contributed by atoms with E-state index in [1.54, 1.807) is 0 Å². The van der Waals surface area contributed by atoms with Crippen LogP contribution in [0.4, 0.5) is 26.3 Å². The quantitative estimate of drug-likeness (QED) is 0.693. The molecule has 1 aromatic carbocycles. The molecule has 1 heterocycles. The highest BCUT2D eigenvalue weighted by atomic mass is 79.9. The second-order valence-electron chi connectivity index (χ2n) is 3.97. The van der Waals surface area contributed by atoms with Crippen molar-refractivity contribution in [3.8, 4) is 0 Å². The van der Waals surface area contributed by atoms with E-state index in [4.69, 9.17) is 0 Å². The number of fused-ring (bicyclic) bond motifs is 1. The van der Waals surface area contributed by atoms with Gasteiger partial charge in [-0.25, -0.2) is 4.39 Å². The maximum atomic E-state index is 13.6. The van der Waals surface area contributed by atoms with Crippen LogP contribution >= 0.6 is 15.9 Å². The lowest BCUT2D eigenvalue weighted by atomic mass is 10.2. The Morgan fingerprint density at radius 3 is 2.32 bits per heavy atom. The Labute approximate surface area is 111 Å². The van der Waals surface area contributed by atoms with Gasteiger partial charge in [0.05, 0.1) is 12.1 Å². The number of rotatable bonds is 2. The van der Waals surface area contributed by atoms with Crippen LogP contribution in [0.3, 0.4) is 0 Å². The van der Waals surface area contributed by atoms with Gasteiger partial charge in [0, 0.05) is 16.1 Å². The fraction of sp³-hybridized carbons (Fsp3) is 0.273. The predicted molar refractivity (Wildman–Crippen MR) is 60.6 cm³/mol. The predicted octanol–water partition coefficient (Wildman–Crippen LogP) is 4.74. The molecule has 0 saturated carbocycles. The molecular formula is C11H6BrF6N. The van der Waals surface area contributed by atoms with Gasteiger partial charge >= 0.3 is 12.1 Å². The number of hydrogen-bond donors (Lipinski definition) is 0. The molecule has 8 heteroatoms. The summed E-state index contributed by atoms with van der Waals surface area (Å²) in [5.74, 6) is -5.79. The fourth-order valence-electron chi connectivity index (χ4n) is 1.70. The van der Waals surface area contributed by atoms with Crippen molar-refractivity contribution >= 4 is 26.8 Å². The van der Waals surface area contributed by atoms with Crippen molar-refractivity contribution < 1.29 is 26.3 Å². The summed E-state index contributed by atoms with van der Waals surface area (Å²) in [6.07, 6.45) is -4.67. The number of alkyl halides is 5. The number of hydrogen-bond acceptors (Lipinski definition) is 0. The molecule has 0 bridgehead atoms. The standard InChI is InChI=1S/C11H6BrF6N/c12-7-3-6-1-2-19(9(6)8(13)4-7)5-10(14,15)11(16,17)18/h1-4H,5H2. The van der Waals surface area contributed by atoms with Crippen LogP contribution in [0.1, 0.15) is 0 Å². The Kier molecular flexibility index (Phi) is 3.32. The molecule has 0 spiro atoms. The monoisotopic (exact) mass is 345 g/mol. The maximum Gasteiger partial charge on any atom is 0.455 e. The molecule has 0 aliphatic rings. The second-order valence-corrected chi connectivity index (χ2v) is 4.89. The molecule has 0 atom stereocenters. The molecule has 0 fully saturated rings. The van der Waals surface area contributed by atoms with Crippen molar-refractivity contribution in [3.63, 3.8) is 0 Å². The SMILES string of the molecule is Fc1cc(Br)cc2ccn(CC(F)(F)C(F)(F)F)c12. The van der Waals surface area contributed by atoms with E-state index in [0.717, 1.165) is 12.3 Å². The highest BCUT2D eigenvalue weighted by molar-refractivity contribution is 9.10. The van der Waals surface area contributed by atoms with E-state index < -0.39 is 24.5 Å². The fourth-order valence-corrected chi connectivity index (χ4v) is 2.14. The van der Waals surface area contributed by atoms with Crippen molar-refractivity contribution in [2.24, 2.45) is 0 Å². The lowest BCUT2D eigenvalue weighted by molar-refractivity contribution is -0.286. The summed E-state index contributed by atoms with van der Waals surface area (Å²) >= 11 is 3.01. The van der Waals surface area contributed by atoms with E-state index in [-0.39, 0.29) is 10.9 Å². The zero-order valence-corrected chi connectivity index (χ0v) is 10.7. The molecule has 2 aromatic rings. The minimum Gasteiger partial charge on any atom is -0.339 e. The van der Waals surface area contributed by atoms with Crippen LogP contribution in [0.15, 0.2) is 28.9 Å². The Morgan fingerprint density at radius 1 is 1.11 bits per heavy atom. The van der Waals surface area contributed by atoms with Crippen LogP contribution in [0.25, 0.3) is 10.9 Å². The van der Waals surface area contributed by atoms with Gasteiger partial charge in [-0.3, -0.25) is 0 Å². The molecule has 0 amide bonds. The Morgan fingerprint density at radius 2 is 1.74 bits per heavy atom. The smallest absolute Gasteiger partial charge is 0.339 e. The van der Waals surface area contributed by atoms with Gasteiger partial charge < -0.3 is 4.57 Å². The Balaban J connectivity index is 2.48. The van der Waals surface area contributed by atoms with Gasteiger partial charge in [-0.1, -0.05) is 15.9 Å². The van der Waals surface area contributed by atoms with Crippen molar-refractivity contribution in [1.29, 1.82) is 0 Å². The number of nitrogens with zero attached hydrogens (tertiary/aromatic N) is 1. The molecule has 0 aliphatic carbocycles. The van der Waals surface area contributed by atoms with E-state index in [1.165, 1.54) is 12.1 Å². The third kappa shape index (κ3) is 2.58. The Hall–Kier alpha value is -1.18. The maximum absolute atomic E-state index is 13.6. The van der Waals surface area contributed by atoms with Gasteiger partial charge in [-0.15, -0.1) is 0 Å². The molecule has 1 aromatic heterocycles. The van der Waals surface area contributed by atoms with E-state index in [1.807, 2.05) is 0 Å². The van der Waals surface area contributed by atoms with Crippen LogP contribution in [0.2, 0.25) is 0 Å². The second kappa shape index (κ2) is 4.43. The van der Waals surface area contributed by atoms with E-state index in [9.17, 15) is 26.3 Å². The molecule has 0 radical (unpaired) electrons. The van der Waals surface area contributed by atoms with Gasteiger partial charge in [0.15, 0.2) is 0 Å². The third-order valence-corrected chi connectivity index (χ3v) is 3.02. The summed E-state index contributed by atoms with van der Waals surface area (Å²) in [5.41, 5.74) is -0.285. The van der Waals surface area contributed by atoms with Gasteiger partial charge in [-0.05, 0) is 18.2 Å². The van der Waals surface area contributed by atoms with Crippen molar-refractivity contribution in [1.82, 2.24) is 4.57 Å². The summed E-state index contributed by atoms with van der Waals surface area (Å²) in [6, 6.07) is 3.71. The largest absolute Gasteiger partial charge is 0.455 e. The number of benzene rings is 1. The zero-order valence-electron chi connectivity index (χ0n) is 9.11. The summed E-state index contributed by atoms with van der Waals surface area (Å²) < 4.78 is 76.9. The molecule has 0 saturated heterocycles. The van der Waals surface area contributed by atoms with Crippen molar-refractivity contribution in [2.45, 2.75) is 18.6 Å². The highest BCUT2D eigenvalue weighted by Crippen LogP contribution is 2.37. The van der Waals surface area contributed by atoms with Crippen molar-refractivity contribution in [3.05, 3.63) is 34.7 Å². The molecule has 0 unspecified atom stereocenters. The van der Waals surface area contributed by atoms with Crippen LogP contribution in [0, 0.1) is 5.82 Å². The van der Waals surface area contributed by atoms with Crippen LogP contribution < -0.4 is 0 Å². The van der Waals surface area contributed by atoms with E-state index in [2.05, 4.69) is 15.9 Å². The zero-order chi connectivity index (χ0) is 14.4. The molecular weight excluding hydrogens is 340 g/mol. The van der Waals surface area contributed by atoms with Gasteiger partial charge in [0.2, 0.25) is 0 Å². The molecule has 0 N–H and O–H groups in total. The van der Waals surface area contributed by atoms with E-state index >= 15 is 0 Å². The van der Waals surface area contributed by atoms with Crippen LogP contribution in [-0.4, -0.2) is 16.7 Å². The third-order valence-electron chi connectivity index (χ3n) is 2.56. The first-order valence-electron chi connectivity index (χ1n) is 5.00. The summed E-state index contributed by atoms with van der Waals surface area (Å²) in [4.78, 5) is 0. The number of aromatic nitrogens is 1. The average Bonchev–Trinajstić information content (AvgIpc) is 2.58. The lowest BCUT2D eigenvalue weighted by Gasteiger charge is -2.20. The van der Waals surface area contributed by atoms with Crippen molar-refractivity contribution in [2.75, 3.05) is 0 Å². The Bertz CT molecular complexity index is 615. The average molecular weight is 346 g/mol. The van der Waals surface area contributed by atoms with E-state index in [0.29, 0.717) is 9.04 Å². The topological polar surface area (TPSA) is 4.93 Å². The van der Waals surface area contributed by atoms with Gasteiger partial charge in [0.1, 0.15) is 5.82 Å². The number of halogens is 7. The first-order valence-corrected chi connectivity index (χ1v) is 5.79. The molecule has 2 rings (SSSR count). The van der Waals surface area contributed by atoms with Gasteiger partial charge in [0.25, 0.3) is 0 Å². The first-order chi connectivity index (χ1) is 8.62. The molecule has 104 valence electrons. The molecule has 1 nitrogen and oxygen atoms in total. The van der Waals surface area contributed by atoms with Crippen LogP contribution in [0.5, 0.6) is 0 Å². The molecule has 0 aliphatic heterocycles. The minimum absolute atomic E-state index is 0.241. The van der Waals surface area contributed by atoms with Crippen LogP contribution in [-0.2, 0) is 6.54 Å². The lowest BCUT2D eigenvalue weighted by Crippen LogP contribution is -2.40. The normalized spacial score (nSPS) is 13.2. The van der Waals surface area contributed by atoms with Gasteiger partial charge in [-0.2, -0.15) is 22.0 Å². The highest BCUT2D eigenvalue weighted by Gasteiger charge is 2.57. The summed E-state index contributed by atoms with van der Waals surface area (Å²) in [5, 5.41) is 0.241. The summed E-state index contributed by atoms with van der Waals surface area (Å²) in [7, 11) is 0.